The molecular weight excluding hydrogens is 381 g/mol. The number of amides is 1. The Hall–Kier alpha value is -0.630. The molecule has 1 N–H and O–H groups in total. The first-order valence-electron chi connectivity index (χ1n) is 6.04. The Labute approximate surface area is 130 Å². The summed E-state index contributed by atoms with van der Waals surface area (Å²) in [5.41, 5.74) is -0.299. The van der Waals surface area contributed by atoms with Gasteiger partial charge in [0, 0.05) is 6.54 Å². The molecule has 5 nitrogen and oxygen atoms in total. The van der Waals surface area contributed by atoms with Crippen molar-refractivity contribution in [3.8, 4) is 0 Å². The van der Waals surface area contributed by atoms with E-state index in [9.17, 15) is 9.59 Å². The van der Waals surface area contributed by atoms with Crippen molar-refractivity contribution in [3.63, 3.8) is 0 Å². The summed E-state index contributed by atoms with van der Waals surface area (Å²) >= 11 is 7.59. The van der Waals surface area contributed by atoms with Gasteiger partial charge in [0.1, 0.15) is 14.8 Å². The Kier molecular flexibility index (Phi) is 6.25. The summed E-state index contributed by atoms with van der Waals surface area (Å²) in [6, 6.07) is -0.599. The van der Waals surface area contributed by atoms with Crippen molar-refractivity contribution in [2.75, 3.05) is 6.54 Å². The molecule has 0 aromatic carbocycles. The lowest BCUT2D eigenvalue weighted by Crippen LogP contribution is -2.37. The summed E-state index contributed by atoms with van der Waals surface area (Å²) in [5.74, 6) is 0.333. The minimum Gasteiger partial charge on any atom is -0.354 e. The van der Waals surface area contributed by atoms with E-state index in [1.54, 1.807) is 6.92 Å². The van der Waals surface area contributed by atoms with Gasteiger partial charge < -0.3 is 5.32 Å². The van der Waals surface area contributed by atoms with Crippen molar-refractivity contribution in [1.29, 1.82) is 0 Å². The zero-order chi connectivity index (χ0) is 14.6. The highest BCUT2D eigenvalue weighted by atomic mass is 127. The smallest absolute Gasteiger partial charge is 0.269 e. The van der Waals surface area contributed by atoms with Crippen LogP contribution in [0.2, 0.25) is 5.15 Å². The predicted molar refractivity (Wildman–Crippen MR) is 83.4 cm³/mol. The number of nitrogens with zero attached hydrogens (tertiary/aromatic N) is 2. The minimum absolute atomic E-state index is 0.161. The van der Waals surface area contributed by atoms with Crippen LogP contribution in [0.1, 0.15) is 33.2 Å². The molecule has 1 amide bonds. The lowest BCUT2D eigenvalue weighted by molar-refractivity contribution is -0.124. The van der Waals surface area contributed by atoms with Gasteiger partial charge in [0.25, 0.3) is 5.56 Å². The van der Waals surface area contributed by atoms with Crippen LogP contribution in [0.3, 0.4) is 0 Å². The third-order valence-electron chi connectivity index (χ3n) is 2.72. The molecule has 0 bridgehead atoms. The number of nitrogens with one attached hydrogen (secondary N) is 1. The number of aromatic nitrogens is 2. The molecule has 1 rings (SSSR count). The Morgan fingerprint density at radius 2 is 2.16 bits per heavy atom. The SMILES string of the molecule is CC(C)CCNC(=O)C(C)n1cnc(Cl)c(I)c1=O. The quantitative estimate of drug-likeness (QED) is 0.612. The number of hydrogen-bond acceptors (Lipinski definition) is 3. The van der Waals surface area contributed by atoms with E-state index < -0.39 is 6.04 Å². The molecule has 1 heterocycles. The molecule has 1 aromatic heterocycles. The molecule has 0 spiro atoms. The van der Waals surface area contributed by atoms with Crippen LogP contribution in [0.4, 0.5) is 0 Å². The number of rotatable bonds is 5. The van der Waals surface area contributed by atoms with Crippen LogP contribution in [0.25, 0.3) is 0 Å². The molecule has 1 aromatic rings. The first-order chi connectivity index (χ1) is 8.84. The van der Waals surface area contributed by atoms with E-state index in [2.05, 4.69) is 24.1 Å². The first kappa shape index (κ1) is 16.4. The lowest BCUT2D eigenvalue weighted by atomic mass is 10.1. The Morgan fingerprint density at radius 3 is 2.74 bits per heavy atom. The van der Waals surface area contributed by atoms with Gasteiger partial charge in [-0.3, -0.25) is 14.2 Å². The Bertz CT molecular complexity index is 516. The maximum atomic E-state index is 12.0. The summed E-state index contributed by atoms with van der Waals surface area (Å²) in [7, 11) is 0. The zero-order valence-corrected chi connectivity index (χ0v) is 14.0. The van der Waals surface area contributed by atoms with Crippen LogP contribution in [0, 0.1) is 9.49 Å². The third kappa shape index (κ3) is 4.45. The monoisotopic (exact) mass is 397 g/mol. The van der Waals surface area contributed by atoms with Crippen molar-refractivity contribution in [2.24, 2.45) is 5.92 Å². The molecule has 19 heavy (non-hydrogen) atoms. The van der Waals surface area contributed by atoms with Crippen LogP contribution in [0.15, 0.2) is 11.1 Å². The van der Waals surface area contributed by atoms with Crippen LogP contribution < -0.4 is 10.9 Å². The average molecular weight is 398 g/mol. The number of carbonyl (C=O) groups excluding carboxylic acids is 1. The summed E-state index contributed by atoms with van der Waals surface area (Å²) < 4.78 is 1.61. The molecule has 1 unspecified atom stereocenters. The average Bonchev–Trinajstić information content (AvgIpc) is 2.35. The number of halogens is 2. The molecule has 0 fully saturated rings. The second-order valence-electron chi connectivity index (χ2n) is 4.71. The van der Waals surface area contributed by atoms with Gasteiger partial charge >= 0.3 is 0 Å². The van der Waals surface area contributed by atoms with Crippen LogP contribution in [0.5, 0.6) is 0 Å². The summed E-state index contributed by atoms with van der Waals surface area (Å²) in [6.45, 7) is 6.45. The molecular formula is C12H17ClIN3O2. The highest BCUT2D eigenvalue weighted by Gasteiger charge is 2.18. The fourth-order valence-corrected chi connectivity index (χ4v) is 2.00. The first-order valence-corrected chi connectivity index (χ1v) is 7.50. The van der Waals surface area contributed by atoms with Gasteiger partial charge in [-0.05, 0) is 41.9 Å². The molecule has 0 saturated carbocycles. The van der Waals surface area contributed by atoms with Gasteiger partial charge in [-0.25, -0.2) is 4.98 Å². The van der Waals surface area contributed by atoms with Gasteiger partial charge in [-0.1, -0.05) is 25.4 Å². The van der Waals surface area contributed by atoms with E-state index in [0.717, 1.165) is 6.42 Å². The highest BCUT2D eigenvalue weighted by molar-refractivity contribution is 14.1. The fourth-order valence-electron chi connectivity index (χ4n) is 1.46. The lowest BCUT2D eigenvalue weighted by Gasteiger charge is -2.15. The zero-order valence-electron chi connectivity index (χ0n) is 11.1. The molecule has 0 aliphatic heterocycles. The van der Waals surface area contributed by atoms with E-state index in [0.29, 0.717) is 16.0 Å². The predicted octanol–water partition coefficient (Wildman–Crippen LogP) is 2.22. The minimum atomic E-state index is -0.599. The van der Waals surface area contributed by atoms with Gasteiger partial charge in [0.05, 0.1) is 6.33 Å². The van der Waals surface area contributed by atoms with Crippen molar-refractivity contribution >= 4 is 40.1 Å². The normalized spacial score (nSPS) is 12.5. The fraction of sp³-hybridized carbons (Fsp3) is 0.583. The molecule has 0 saturated heterocycles. The van der Waals surface area contributed by atoms with E-state index in [1.165, 1.54) is 10.9 Å². The molecule has 0 aliphatic rings. The molecule has 0 aliphatic carbocycles. The van der Waals surface area contributed by atoms with Gasteiger partial charge in [0.15, 0.2) is 0 Å². The summed E-state index contributed by atoms with van der Waals surface area (Å²) in [4.78, 5) is 27.8. The Morgan fingerprint density at radius 1 is 1.53 bits per heavy atom. The van der Waals surface area contributed by atoms with Crippen molar-refractivity contribution in [1.82, 2.24) is 14.9 Å². The summed E-state index contributed by atoms with van der Waals surface area (Å²) in [5, 5.41) is 2.97. The largest absolute Gasteiger partial charge is 0.354 e. The van der Waals surface area contributed by atoms with Crippen molar-refractivity contribution in [2.45, 2.75) is 33.2 Å². The van der Waals surface area contributed by atoms with Crippen molar-refractivity contribution < 1.29 is 4.79 Å². The molecule has 1 atom stereocenters. The maximum absolute atomic E-state index is 12.0. The molecule has 7 heteroatoms. The second-order valence-corrected chi connectivity index (χ2v) is 6.15. The van der Waals surface area contributed by atoms with Gasteiger partial charge in [0.2, 0.25) is 5.91 Å². The van der Waals surface area contributed by atoms with E-state index in [4.69, 9.17) is 11.6 Å². The van der Waals surface area contributed by atoms with Gasteiger partial charge in [-0.2, -0.15) is 0 Å². The number of hydrogen-bond donors (Lipinski definition) is 1. The van der Waals surface area contributed by atoms with Crippen LogP contribution in [-0.2, 0) is 4.79 Å². The van der Waals surface area contributed by atoms with E-state index >= 15 is 0 Å². The van der Waals surface area contributed by atoms with Gasteiger partial charge in [-0.15, -0.1) is 0 Å². The Balaban J connectivity index is 2.78. The molecule has 106 valence electrons. The summed E-state index contributed by atoms with van der Waals surface area (Å²) in [6.07, 6.45) is 2.21. The van der Waals surface area contributed by atoms with Crippen LogP contribution in [-0.4, -0.2) is 22.0 Å². The standard InChI is InChI=1S/C12H17ClIN3O2/c1-7(2)4-5-15-11(18)8(3)17-6-16-10(13)9(14)12(17)19/h6-8H,4-5H2,1-3H3,(H,15,18). The third-order valence-corrected chi connectivity index (χ3v) is 4.29. The highest BCUT2D eigenvalue weighted by Crippen LogP contribution is 2.11. The number of carbonyl (C=O) groups is 1. The second kappa shape index (κ2) is 7.23. The topological polar surface area (TPSA) is 64.0 Å². The van der Waals surface area contributed by atoms with E-state index in [1.807, 2.05) is 22.6 Å². The maximum Gasteiger partial charge on any atom is 0.269 e. The van der Waals surface area contributed by atoms with Crippen molar-refractivity contribution in [3.05, 3.63) is 25.4 Å². The molecule has 0 radical (unpaired) electrons. The van der Waals surface area contributed by atoms with E-state index in [-0.39, 0.29) is 16.6 Å². The van der Waals surface area contributed by atoms with Crippen LogP contribution >= 0.6 is 34.2 Å².